The van der Waals surface area contributed by atoms with Crippen molar-refractivity contribution in [3.05, 3.63) is 17.8 Å². The first-order valence-electron chi connectivity index (χ1n) is 6.44. The summed E-state index contributed by atoms with van der Waals surface area (Å²) in [5, 5.41) is 11.8. The van der Waals surface area contributed by atoms with Crippen LogP contribution in [0.1, 0.15) is 33.1 Å². The van der Waals surface area contributed by atoms with Crippen molar-refractivity contribution in [2.75, 3.05) is 0 Å². The minimum atomic E-state index is -0.126. The van der Waals surface area contributed by atoms with Crippen LogP contribution in [0.4, 0.5) is 0 Å². The molecule has 5 atom stereocenters. The highest BCUT2D eigenvalue weighted by Gasteiger charge is 2.89. The molecule has 0 amide bonds. The molecule has 90 valence electrons. The molecule has 3 fully saturated rings. The first-order chi connectivity index (χ1) is 8.01. The molecule has 0 aromatic carbocycles. The Balaban J connectivity index is 1.82. The molecular weight excluding hydrogens is 216 g/mol. The second-order valence-corrected chi connectivity index (χ2v) is 6.33. The molecule has 17 heavy (non-hydrogen) atoms. The van der Waals surface area contributed by atoms with Gasteiger partial charge >= 0.3 is 5.97 Å². The molecule has 3 heteroatoms. The fourth-order valence-electron chi connectivity index (χ4n) is 5.09. The Morgan fingerprint density at radius 1 is 1.59 bits per heavy atom. The minimum Gasteiger partial charge on any atom is -0.841 e. The van der Waals surface area contributed by atoms with E-state index in [9.17, 15) is 9.90 Å². The van der Waals surface area contributed by atoms with Crippen LogP contribution in [0.15, 0.2) is 11.8 Å². The van der Waals surface area contributed by atoms with Crippen LogP contribution < -0.4 is 5.11 Å². The van der Waals surface area contributed by atoms with Gasteiger partial charge in [-0.1, -0.05) is 6.92 Å². The first-order valence-corrected chi connectivity index (χ1v) is 6.44. The van der Waals surface area contributed by atoms with Crippen LogP contribution in [0.25, 0.3) is 0 Å². The lowest BCUT2D eigenvalue weighted by Crippen LogP contribution is -2.41. The van der Waals surface area contributed by atoms with E-state index in [4.69, 9.17) is 4.74 Å². The van der Waals surface area contributed by atoms with Gasteiger partial charge in [0, 0.05) is 24.3 Å². The van der Waals surface area contributed by atoms with Crippen molar-refractivity contribution in [3.63, 3.8) is 0 Å². The molecule has 3 aliphatic carbocycles. The zero-order chi connectivity index (χ0) is 12.0. The Bertz CT molecular complexity index is 454. The van der Waals surface area contributed by atoms with E-state index < -0.39 is 0 Å². The third-order valence-corrected chi connectivity index (χ3v) is 5.95. The quantitative estimate of drug-likeness (QED) is 0.465. The minimum absolute atomic E-state index is 0.0264. The van der Waals surface area contributed by atoms with Crippen LogP contribution in [0.5, 0.6) is 0 Å². The molecule has 4 aliphatic rings. The van der Waals surface area contributed by atoms with Crippen LogP contribution in [-0.2, 0) is 9.53 Å². The number of hydrogen-bond acceptors (Lipinski definition) is 3. The number of hydrogen-bond donors (Lipinski definition) is 0. The summed E-state index contributed by atoms with van der Waals surface area (Å²) in [5.41, 5.74) is 0.0515. The van der Waals surface area contributed by atoms with Crippen molar-refractivity contribution >= 4 is 5.97 Å². The van der Waals surface area contributed by atoms with Crippen molar-refractivity contribution in [3.8, 4) is 0 Å². The van der Waals surface area contributed by atoms with E-state index in [1.807, 2.05) is 13.0 Å². The van der Waals surface area contributed by atoms with Crippen molar-refractivity contribution in [2.45, 2.75) is 39.2 Å². The lowest BCUT2D eigenvalue weighted by molar-refractivity contribution is -0.304. The van der Waals surface area contributed by atoms with Gasteiger partial charge in [0.05, 0.1) is 24.0 Å². The number of ether oxygens (including phenoxy) is 1. The molecule has 1 heterocycles. The van der Waals surface area contributed by atoms with Gasteiger partial charge < -0.3 is 9.84 Å². The SMILES string of the molecule is C[C+]1C([O-])=CC2C13[C@H]1OC(=O)C[C@@H]1CC[C@@]23C. The zero-order valence-corrected chi connectivity index (χ0v) is 10.2. The fourth-order valence-corrected chi connectivity index (χ4v) is 5.09. The molecule has 2 unspecified atom stereocenters. The van der Waals surface area contributed by atoms with E-state index in [0.29, 0.717) is 18.3 Å². The summed E-state index contributed by atoms with van der Waals surface area (Å²) in [4.78, 5) is 11.5. The fraction of sp³-hybridized carbons (Fsp3) is 0.714. The Hall–Kier alpha value is -1.12. The van der Waals surface area contributed by atoms with Crippen molar-refractivity contribution in [1.82, 2.24) is 0 Å². The number of carbonyl (C=O) groups is 1. The van der Waals surface area contributed by atoms with Crippen LogP contribution in [0, 0.1) is 28.6 Å². The van der Waals surface area contributed by atoms with Gasteiger partial charge in [0.25, 0.3) is 0 Å². The van der Waals surface area contributed by atoms with Gasteiger partial charge in [-0.25, -0.2) is 0 Å². The molecule has 3 nitrogen and oxygen atoms in total. The molecule has 1 saturated heterocycles. The molecule has 2 saturated carbocycles. The Labute approximate surface area is 101 Å². The largest absolute Gasteiger partial charge is 0.841 e. The molecule has 0 N–H and O–H groups in total. The molecule has 1 spiro atoms. The second kappa shape index (κ2) is 2.50. The van der Waals surface area contributed by atoms with Crippen molar-refractivity contribution < 1.29 is 14.6 Å². The lowest BCUT2D eigenvalue weighted by atomic mass is 9.67. The van der Waals surface area contributed by atoms with Gasteiger partial charge in [-0.15, -0.1) is 0 Å². The summed E-state index contributed by atoms with van der Waals surface area (Å²) in [6, 6.07) is 0. The smallest absolute Gasteiger partial charge is 0.306 e. The average Bonchev–Trinajstić information content (AvgIpc) is 2.58. The number of carbonyl (C=O) groups excluding carboxylic acids is 1. The molecular formula is C14H16O3. The summed E-state index contributed by atoms with van der Waals surface area (Å²) in [6.45, 7) is 4.20. The van der Waals surface area contributed by atoms with Gasteiger partial charge in [0.15, 0.2) is 0 Å². The topological polar surface area (TPSA) is 49.4 Å². The number of allylic oxidation sites excluding steroid dienone is 2. The Morgan fingerprint density at radius 3 is 3.12 bits per heavy atom. The molecule has 0 aromatic heterocycles. The van der Waals surface area contributed by atoms with Crippen molar-refractivity contribution in [2.24, 2.45) is 22.7 Å². The van der Waals surface area contributed by atoms with E-state index in [1.165, 1.54) is 0 Å². The summed E-state index contributed by atoms with van der Waals surface area (Å²) in [5.74, 6) is 1.71. The monoisotopic (exact) mass is 232 g/mol. The van der Waals surface area contributed by atoms with Crippen molar-refractivity contribution in [1.29, 1.82) is 0 Å². The van der Waals surface area contributed by atoms with Crippen LogP contribution in [0.3, 0.4) is 0 Å². The summed E-state index contributed by atoms with van der Waals surface area (Å²) in [6.07, 6.45) is 4.60. The number of rotatable bonds is 0. The average molecular weight is 232 g/mol. The maximum atomic E-state index is 11.8. The summed E-state index contributed by atoms with van der Waals surface area (Å²) in [7, 11) is 0. The maximum absolute atomic E-state index is 11.8. The molecule has 0 radical (unpaired) electrons. The highest BCUT2D eigenvalue weighted by molar-refractivity contribution is 5.73. The van der Waals surface area contributed by atoms with E-state index in [0.717, 1.165) is 18.8 Å². The van der Waals surface area contributed by atoms with Gasteiger partial charge in [0.1, 0.15) is 11.5 Å². The predicted molar refractivity (Wildman–Crippen MR) is 58.3 cm³/mol. The Morgan fingerprint density at radius 2 is 2.35 bits per heavy atom. The van der Waals surface area contributed by atoms with Crippen LogP contribution in [0.2, 0.25) is 0 Å². The summed E-state index contributed by atoms with van der Waals surface area (Å²) < 4.78 is 5.58. The maximum Gasteiger partial charge on any atom is 0.306 e. The first kappa shape index (κ1) is 9.86. The number of fused-ring (bicyclic) bond motifs is 2. The lowest BCUT2D eigenvalue weighted by Gasteiger charge is -2.36. The van der Waals surface area contributed by atoms with Crippen LogP contribution >= 0.6 is 0 Å². The van der Waals surface area contributed by atoms with E-state index in [1.54, 1.807) is 0 Å². The Kier molecular flexibility index (Phi) is 1.45. The third kappa shape index (κ3) is 0.791. The van der Waals surface area contributed by atoms with Crippen LogP contribution in [-0.4, -0.2) is 12.1 Å². The molecule has 4 rings (SSSR count). The van der Waals surface area contributed by atoms with Gasteiger partial charge in [0.2, 0.25) is 0 Å². The number of esters is 1. The standard InChI is InChI=1S/C14H16O3/c1-7-9(15)6-10-13(2)4-3-8-5-11(16)17-12(8)14(7,10)13/h6,8,10,12H,3-5H2,1-2H3/t8-,10?,12-,13-,14?/m0/s1. The van der Waals surface area contributed by atoms with Gasteiger partial charge in [-0.3, -0.25) is 4.79 Å². The highest BCUT2D eigenvalue weighted by Crippen LogP contribution is 2.84. The molecule has 0 bridgehead atoms. The van der Waals surface area contributed by atoms with E-state index in [2.05, 4.69) is 6.92 Å². The summed E-state index contributed by atoms with van der Waals surface area (Å²) >= 11 is 0. The molecule has 1 aliphatic heterocycles. The molecule has 0 aromatic rings. The van der Waals surface area contributed by atoms with Gasteiger partial charge in [-0.2, -0.15) is 0 Å². The normalized spacial score (nSPS) is 54.7. The highest BCUT2D eigenvalue weighted by atomic mass is 16.6. The van der Waals surface area contributed by atoms with E-state index >= 15 is 0 Å². The predicted octanol–water partition coefficient (Wildman–Crippen LogP) is 1.19. The van der Waals surface area contributed by atoms with Gasteiger partial charge in [-0.05, 0) is 12.8 Å². The third-order valence-electron chi connectivity index (χ3n) is 5.95. The second-order valence-electron chi connectivity index (χ2n) is 6.33. The zero-order valence-electron chi connectivity index (χ0n) is 10.2. The van der Waals surface area contributed by atoms with E-state index in [-0.39, 0.29) is 28.7 Å².